The molecule has 1 amide bonds. The molecule has 0 bridgehead atoms. The van der Waals surface area contributed by atoms with Crippen LogP contribution in [-0.4, -0.2) is 34.9 Å². The molecule has 0 unspecified atom stereocenters. The van der Waals surface area contributed by atoms with Crippen molar-refractivity contribution >= 4 is 23.2 Å². The Bertz CT molecular complexity index is 675. The largest absolute Gasteiger partial charge is 0.372 e. The van der Waals surface area contributed by atoms with Gasteiger partial charge in [0, 0.05) is 26.4 Å². The number of aromatic nitrogens is 2. The molecule has 0 fully saturated rings. The van der Waals surface area contributed by atoms with E-state index in [1.165, 1.54) is 11.0 Å². The lowest BCUT2D eigenvalue weighted by atomic mass is 10.2. The third-order valence-corrected chi connectivity index (χ3v) is 2.85. The molecule has 2 heterocycles. The maximum absolute atomic E-state index is 12.5. The van der Waals surface area contributed by atoms with Crippen molar-refractivity contribution in [1.82, 2.24) is 9.97 Å². The van der Waals surface area contributed by atoms with E-state index in [1.54, 1.807) is 38.5 Å². The van der Waals surface area contributed by atoms with Gasteiger partial charge in [0.05, 0.1) is 10.5 Å². The topological polar surface area (TPSA) is 101 Å². The number of nitro groups is 1. The van der Waals surface area contributed by atoms with Crippen molar-refractivity contribution in [3.8, 4) is 0 Å². The van der Waals surface area contributed by atoms with E-state index >= 15 is 0 Å². The number of hydrogen-bond acceptors (Lipinski definition) is 6. The highest BCUT2D eigenvalue weighted by Crippen LogP contribution is 2.21. The first kappa shape index (κ1) is 14.4. The van der Waals surface area contributed by atoms with Gasteiger partial charge in [0.1, 0.15) is 17.8 Å². The first-order valence-corrected chi connectivity index (χ1v) is 6.06. The zero-order chi connectivity index (χ0) is 15.4. The Hall–Kier alpha value is -3.03. The molecule has 8 heteroatoms. The molecular weight excluding hydrogens is 274 g/mol. The Balaban J connectivity index is 2.42. The van der Waals surface area contributed by atoms with Crippen molar-refractivity contribution < 1.29 is 9.72 Å². The Morgan fingerprint density at radius 2 is 2.14 bits per heavy atom. The second-order valence-corrected chi connectivity index (χ2v) is 4.15. The molecule has 0 spiro atoms. The van der Waals surface area contributed by atoms with Gasteiger partial charge < -0.3 is 5.32 Å². The van der Waals surface area contributed by atoms with Crippen molar-refractivity contribution in [2.75, 3.05) is 24.3 Å². The minimum absolute atomic E-state index is 0.111. The lowest BCUT2D eigenvalue weighted by Gasteiger charge is -2.17. The van der Waals surface area contributed by atoms with Crippen LogP contribution < -0.4 is 10.2 Å². The summed E-state index contributed by atoms with van der Waals surface area (Å²) in [5.41, 5.74) is -0.133. The molecular formula is C13H13N5O3. The summed E-state index contributed by atoms with van der Waals surface area (Å²) >= 11 is 0. The fraction of sp³-hybridized carbons (Fsp3) is 0.154. The zero-order valence-electron chi connectivity index (χ0n) is 11.5. The first-order chi connectivity index (χ1) is 10.0. The molecule has 0 aliphatic rings. The number of pyridine rings is 2. The summed E-state index contributed by atoms with van der Waals surface area (Å²) in [7, 11) is 3.13. The predicted octanol–water partition coefficient (Wildman–Crippen LogP) is 1.70. The Kier molecular flexibility index (Phi) is 4.07. The normalized spacial score (nSPS) is 10.0. The highest BCUT2D eigenvalue weighted by molar-refractivity contribution is 6.08. The van der Waals surface area contributed by atoms with Crippen LogP contribution in [0.4, 0.5) is 17.3 Å². The van der Waals surface area contributed by atoms with Gasteiger partial charge in [0.15, 0.2) is 0 Å². The average Bonchev–Trinajstić information content (AvgIpc) is 2.53. The Labute approximate surface area is 120 Å². The Morgan fingerprint density at radius 3 is 2.71 bits per heavy atom. The van der Waals surface area contributed by atoms with Crippen LogP contribution >= 0.6 is 0 Å². The van der Waals surface area contributed by atoms with E-state index in [2.05, 4.69) is 15.3 Å². The van der Waals surface area contributed by atoms with E-state index in [9.17, 15) is 14.9 Å². The summed E-state index contributed by atoms with van der Waals surface area (Å²) in [5.74, 6) is 0.277. The molecule has 0 saturated carbocycles. The highest BCUT2D eigenvalue weighted by atomic mass is 16.6. The highest BCUT2D eigenvalue weighted by Gasteiger charge is 2.21. The summed E-state index contributed by atoms with van der Waals surface area (Å²) in [5, 5.41) is 13.6. The van der Waals surface area contributed by atoms with E-state index in [1.807, 2.05) is 0 Å². The minimum Gasteiger partial charge on any atom is -0.372 e. The molecule has 108 valence electrons. The maximum Gasteiger partial charge on any atom is 0.288 e. The standard InChI is InChI=1S/C13H13N5O3/c1-14-12-10(7-9(8-16-12)18(20)21)13(19)17(2)11-5-3-4-6-15-11/h3-8H,1-2H3,(H,14,16). The molecule has 0 atom stereocenters. The maximum atomic E-state index is 12.5. The van der Waals surface area contributed by atoms with Gasteiger partial charge >= 0.3 is 0 Å². The van der Waals surface area contributed by atoms with Gasteiger partial charge in [0.2, 0.25) is 0 Å². The molecule has 0 aliphatic heterocycles. The molecule has 0 saturated heterocycles. The molecule has 21 heavy (non-hydrogen) atoms. The zero-order valence-corrected chi connectivity index (χ0v) is 11.5. The number of carbonyl (C=O) groups is 1. The van der Waals surface area contributed by atoms with E-state index in [0.29, 0.717) is 5.82 Å². The molecule has 0 aliphatic carbocycles. The smallest absolute Gasteiger partial charge is 0.288 e. The van der Waals surface area contributed by atoms with Crippen LogP contribution in [0, 0.1) is 10.1 Å². The molecule has 2 aromatic heterocycles. The van der Waals surface area contributed by atoms with Crippen molar-refractivity contribution in [2.24, 2.45) is 0 Å². The number of amides is 1. The van der Waals surface area contributed by atoms with Gasteiger partial charge in [-0.15, -0.1) is 0 Å². The summed E-state index contributed by atoms with van der Waals surface area (Å²) in [6.45, 7) is 0. The van der Waals surface area contributed by atoms with Crippen LogP contribution in [0.2, 0.25) is 0 Å². The summed E-state index contributed by atoms with van der Waals surface area (Å²) in [6, 6.07) is 6.34. The van der Waals surface area contributed by atoms with Crippen molar-refractivity contribution in [3.63, 3.8) is 0 Å². The second kappa shape index (κ2) is 5.95. The van der Waals surface area contributed by atoms with Gasteiger partial charge in [-0.1, -0.05) is 6.07 Å². The fourth-order valence-electron chi connectivity index (χ4n) is 1.75. The minimum atomic E-state index is -0.593. The number of carbonyl (C=O) groups excluding carboxylic acids is 1. The molecule has 0 aromatic carbocycles. The molecule has 1 N–H and O–H groups in total. The van der Waals surface area contributed by atoms with Crippen molar-refractivity contribution in [1.29, 1.82) is 0 Å². The van der Waals surface area contributed by atoms with Gasteiger partial charge in [0.25, 0.3) is 11.6 Å². The molecule has 0 radical (unpaired) electrons. The van der Waals surface area contributed by atoms with Crippen LogP contribution in [0.3, 0.4) is 0 Å². The average molecular weight is 287 g/mol. The second-order valence-electron chi connectivity index (χ2n) is 4.15. The quantitative estimate of drug-likeness (QED) is 0.678. The molecule has 2 aromatic rings. The van der Waals surface area contributed by atoms with Crippen molar-refractivity contribution in [3.05, 3.63) is 52.3 Å². The third kappa shape index (κ3) is 2.94. The third-order valence-electron chi connectivity index (χ3n) is 2.85. The van der Waals surface area contributed by atoms with Gasteiger partial charge in [-0.05, 0) is 12.1 Å². The van der Waals surface area contributed by atoms with Gasteiger partial charge in [-0.25, -0.2) is 9.97 Å². The first-order valence-electron chi connectivity index (χ1n) is 6.06. The molecule has 8 nitrogen and oxygen atoms in total. The van der Waals surface area contributed by atoms with Gasteiger partial charge in [-0.3, -0.25) is 19.8 Å². The number of hydrogen-bond donors (Lipinski definition) is 1. The van der Waals surface area contributed by atoms with Crippen LogP contribution in [0.15, 0.2) is 36.7 Å². The van der Waals surface area contributed by atoms with E-state index < -0.39 is 10.8 Å². The van der Waals surface area contributed by atoms with Crippen molar-refractivity contribution in [2.45, 2.75) is 0 Å². The van der Waals surface area contributed by atoms with E-state index in [0.717, 1.165) is 6.20 Å². The van der Waals surface area contributed by atoms with E-state index in [-0.39, 0.29) is 17.1 Å². The number of anilines is 2. The van der Waals surface area contributed by atoms with Gasteiger partial charge in [-0.2, -0.15) is 0 Å². The number of rotatable bonds is 4. The van der Waals surface area contributed by atoms with E-state index in [4.69, 9.17) is 0 Å². The van der Waals surface area contributed by atoms with Crippen LogP contribution in [0.5, 0.6) is 0 Å². The summed E-state index contributed by atoms with van der Waals surface area (Å²) < 4.78 is 0. The van der Waals surface area contributed by atoms with Crippen LogP contribution in [-0.2, 0) is 0 Å². The predicted molar refractivity (Wildman–Crippen MR) is 77.4 cm³/mol. The number of nitrogens with zero attached hydrogens (tertiary/aromatic N) is 4. The SMILES string of the molecule is CNc1ncc([N+](=O)[O-])cc1C(=O)N(C)c1ccccn1. The summed E-state index contributed by atoms with van der Waals surface area (Å²) in [6.07, 6.45) is 2.66. The Morgan fingerprint density at radius 1 is 1.38 bits per heavy atom. The van der Waals surface area contributed by atoms with Crippen LogP contribution in [0.1, 0.15) is 10.4 Å². The lowest BCUT2D eigenvalue weighted by Crippen LogP contribution is -2.28. The summed E-state index contributed by atoms with van der Waals surface area (Å²) in [4.78, 5) is 32.0. The fourth-order valence-corrected chi connectivity index (χ4v) is 1.75. The monoisotopic (exact) mass is 287 g/mol. The molecule has 2 rings (SSSR count). The lowest BCUT2D eigenvalue weighted by molar-refractivity contribution is -0.385. The number of nitrogens with one attached hydrogen (secondary N) is 1. The van der Waals surface area contributed by atoms with Crippen LogP contribution in [0.25, 0.3) is 0 Å².